The molecule has 1 aromatic heterocycles. The van der Waals surface area contributed by atoms with Gasteiger partial charge in [-0.3, -0.25) is 0 Å². The summed E-state index contributed by atoms with van der Waals surface area (Å²) in [6.45, 7) is 5.02. The minimum atomic E-state index is 0.474. The van der Waals surface area contributed by atoms with Crippen molar-refractivity contribution in [3.8, 4) is 0 Å². The molecule has 0 aliphatic rings. The van der Waals surface area contributed by atoms with Crippen LogP contribution in [0.1, 0.15) is 12.5 Å². The number of anilines is 2. The highest BCUT2D eigenvalue weighted by atomic mass is 35.5. The molecule has 100 valence electrons. The third-order valence-corrected chi connectivity index (χ3v) is 3.58. The number of benzene rings is 1. The summed E-state index contributed by atoms with van der Waals surface area (Å²) >= 11 is 7.56. The predicted molar refractivity (Wildman–Crippen MR) is 82.7 cm³/mol. The SMILES string of the molecule is CCN(c1cc(Cl)nc(SC)n1)c1ccccc1C. The molecule has 0 fully saturated rings. The first kappa shape index (κ1) is 14.2. The second-order valence-corrected chi connectivity index (χ2v) is 5.23. The largest absolute Gasteiger partial charge is 0.326 e. The Morgan fingerprint density at radius 2 is 2.00 bits per heavy atom. The fourth-order valence-electron chi connectivity index (χ4n) is 1.94. The van der Waals surface area contributed by atoms with Crippen molar-refractivity contribution in [2.24, 2.45) is 0 Å². The van der Waals surface area contributed by atoms with Gasteiger partial charge in [0, 0.05) is 18.3 Å². The van der Waals surface area contributed by atoms with Gasteiger partial charge in [0.05, 0.1) is 0 Å². The van der Waals surface area contributed by atoms with Crippen molar-refractivity contribution in [1.29, 1.82) is 0 Å². The molecule has 1 heterocycles. The quantitative estimate of drug-likeness (QED) is 0.477. The lowest BCUT2D eigenvalue weighted by Gasteiger charge is -2.24. The van der Waals surface area contributed by atoms with Gasteiger partial charge in [0.2, 0.25) is 0 Å². The number of para-hydroxylation sites is 1. The lowest BCUT2D eigenvalue weighted by atomic mass is 10.2. The van der Waals surface area contributed by atoms with Crippen molar-refractivity contribution in [1.82, 2.24) is 9.97 Å². The van der Waals surface area contributed by atoms with Gasteiger partial charge in [0.15, 0.2) is 5.16 Å². The van der Waals surface area contributed by atoms with E-state index >= 15 is 0 Å². The molecule has 0 bridgehead atoms. The van der Waals surface area contributed by atoms with E-state index in [2.05, 4.69) is 40.8 Å². The first-order valence-corrected chi connectivity index (χ1v) is 7.67. The van der Waals surface area contributed by atoms with Gasteiger partial charge in [0.1, 0.15) is 11.0 Å². The molecule has 0 atom stereocenters. The number of thioether (sulfide) groups is 1. The highest BCUT2D eigenvalue weighted by molar-refractivity contribution is 7.98. The lowest BCUT2D eigenvalue weighted by molar-refractivity contribution is 0.908. The second kappa shape index (κ2) is 6.26. The molecule has 5 heteroatoms. The van der Waals surface area contributed by atoms with Gasteiger partial charge in [-0.25, -0.2) is 9.97 Å². The highest BCUT2D eigenvalue weighted by Crippen LogP contribution is 2.29. The van der Waals surface area contributed by atoms with Crippen molar-refractivity contribution in [2.75, 3.05) is 17.7 Å². The Morgan fingerprint density at radius 1 is 1.26 bits per heavy atom. The van der Waals surface area contributed by atoms with E-state index in [0.29, 0.717) is 10.3 Å². The van der Waals surface area contributed by atoms with Crippen LogP contribution in [-0.2, 0) is 0 Å². The van der Waals surface area contributed by atoms with Gasteiger partial charge in [0.25, 0.3) is 0 Å². The minimum absolute atomic E-state index is 0.474. The van der Waals surface area contributed by atoms with Crippen molar-refractivity contribution in [3.63, 3.8) is 0 Å². The van der Waals surface area contributed by atoms with E-state index in [1.165, 1.54) is 17.3 Å². The molecule has 0 unspecified atom stereocenters. The average molecular weight is 294 g/mol. The zero-order valence-electron chi connectivity index (χ0n) is 11.2. The van der Waals surface area contributed by atoms with E-state index in [4.69, 9.17) is 11.6 Å². The monoisotopic (exact) mass is 293 g/mol. The first-order valence-electron chi connectivity index (χ1n) is 6.07. The molecule has 0 saturated heterocycles. The number of aryl methyl sites for hydroxylation is 1. The zero-order chi connectivity index (χ0) is 13.8. The molecular weight excluding hydrogens is 278 g/mol. The first-order chi connectivity index (χ1) is 9.15. The number of nitrogens with zero attached hydrogens (tertiary/aromatic N) is 3. The Bertz CT molecular complexity index is 574. The van der Waals surface area contributed by atoms with E-state index < -0.39 is 0 Å². The van der Waals surface area contributed by atoms with Gasteiger partial charge in [-0.2, -0.15) is 0 Å². The molecule has 0 spiro atoms. The van der Waals surface area contributed by atoms with Crippen LogP contribution in [0.15, 0.2) is 35.5 Å². The maximum atomic E-state index is 6.07. The number of hydrogen-bond donors (Lipinski definition) is 0. The summed E-state index contributed by atoms with van der Waals surface area (Å²) in [7, 11) is 0. The fourth-order valence-corrected chi connectivity index (χ4v) is 2.54. The number of rotatable bonds is 4. The molecule has 0 aliphatic carbocycles. The van der Waals surface area contributed by atoms with E-state index in [9.17, 15) is 0 Å². The molecule has 0 radical (unpaired) electrons. The normalized spacial score (nSPS) is 10.5. The van der Waals surface area contributed by atoms with Crippen LogP contribution < -0.4 is 4.90 Å². The molecule has 0 N–H and O–H groups in total. The summed E-state index contributed by atoms with van der Waals surface area (Å²) in [6.07, 6.45) is 1.94. The summed E-state index contributed by atoms with van der Waals surface area (Å²) in [5.41, 5.74) is 2.36. The number of aromatic nitrogens is 2. The number of hydrogen-bond acceptors (Lipinski definition) is 4. The Labute approximate surface area is 123 Å². The zero-order valence-corrected chi connectivity index (χ0v) is 12.8. The molecule has 0 aliphatic heterocycles. The summed E-state index contributed by atoms with van der Waals surface area (Å²) in [5, 5.41) is 1.16. The van der Waals surface area contributed by atoms with Crippen molar-refractivity contribution in [2.45, 2.75) is 19.0 Å². The third kappa shape index (κ3) is 3.19. The molecule has 1 aromatic carbocycles. The van der Waals surface area contributed by atoms with Crippen LogP contribution in [-0.4, -0.2) is 22.8 Å². The Morgan fingerprint density at radius 3 is 2.63 bits per heavy atom. The van der Waals surface area contributed by atoms with E-state index in [-0.39, 0.29) is 0 Å². The fraction of sp³-hybridized carbons (Fsp3) is 0.286. The van der Waals surface area contributed by atoms with Crippen LogP contribution in [0.5, 0.6) is 0 Å². The van der Waals surface area contributed by atoms with Crippen LogP contribution in [0.3, 0.4) is 0 Å². The Kier molecular flexibility index (Phi) is 4.66. The molecule has 0 amide bonds. The summed E-state index contributed by atoms with van der Waals surface area (Å²) in [4.78, 5) is 10.9. The number of halogens is 1. The van der Waals surface area contributed by atoms with Crippen molar-refractivity contribution in [3.05, 3.63) is 41.0 Å². The van der Waals surface area contributed by atoms with Gasteiger partial charge >= 0.3 is 0 Å². The lowest BCUT2D eigenvalue weighted by Crippen LogP contribution is -2.18. The van der Waals surface area contributed by atoms with E-state index in [0.717, 1.165) is 18.1 Å². The topological polar surface area (TPSA) is 29.0 Å². The predicted octanol–water partition coefficient (Wildman–Crippen LogP) is 4.32. The van der Waals surface area contributed by atoms with Gasteiger partial charge in [-0.05, 0) is 31.7 Å². The minimum Gasteiger partial charge on any atom is -0.326 e. The maximum absolute atomic E-state index is 6.07. The maximum Gasteiger partial charge on any atom is 0.190 e. The molecule has 19 heavy (non-hydrogen) atoms. The van der Waals surface area contributed by atoms with Gasteiger partial charge < -0.3 is 4.90 Å². The highest BCUT2D eigenvalue weighted by Gasteiger charge is 2.13. The Hall–Kier alpha value is -1.26. The molecule has 0 saturated carbocycles. The van der Waals surface area contributed by atoms with Crippen LogP contribution in [0.25, 0.3) is 0 Å². The van der Waals surface area contributed by atoms with Crippen molar-refractivity contribution < 1.29 is 0 Å². The van der Waals surface area contributed by atoms with Gasteiger partial charge in [-0.1, -0.05) is 41.6 Å². The standard InChI is InChI=1S/C14H16ClN3S/c1-4-18(11-8-6-5-7-10(11)2)13-9-12(15)16-14(17-13)19-3/h5-9H,4H2,1-3H3. The molecule has 3 nitrogen and oxygen atoms in total. The van der Waals surface area contributed by atoms with Crippen LogP contribution in [0, 0.1) is 6.92 Å². The third-order valence-electron chi connectivity index (χ3n) is 2.84. The Balaban J connectivity index is 2.48. The smallest absolute Gasteiger partial charge is 0.190 e. The molecule has 2 rings (SSSR count). The van der Waals surface area contributed by atoms with Crippen LogP contribution in [0.4, 0.5) is 11.5 Å². The van der Waals surface area contributed by atoms with Crippen molar-refractivity contribution >= 4 is 34.9 Å². The van der Waals surface area contributed by atoms with Crippen LogP contribution in [0.2, 0.25) is 5.15 Å². The molecule has 2 aromatic rings. The van der Waals surface area contributed by atoms with Gasteiger partial charge in [-0.15, -0.1) is 0 Å². The summed E-state index contributed by atoms with van der Waals surface area (Å²) in [6, 6.07) is 10.1. The average Bonchev–Trinajstić information content (AvgIpc) is 2.41. The summed E-state index contributed by atoms with van der Waals surface area (Å²) in [5.74, 6) is 0.834. The van der Waals surface area contributed by atoms with Crippen LogP contribution >= 0.6 is 23.4 Å². The summed E-state index contributed by atoms with van der Waals surface area (Å²) < 4.78 is 0. The van der Waals surface area contributed by atoms with E-state index in [1.807, 2.05) is 18.4 Å². The molecular formula is C14H16ClN3S. The van der Waals surface area contributed by atoms with E-state index in [1.54, 1.807) is 6.07 Å². The second-order valence-electron chi connectivity index (χ2n) is 4.07.